The lowest BCUT2D eigenvalue weighted by Crippen LogP contribution is -2.20. The maximum Gasteiger partial charge on any atom is 0.248 e. The molecule has 0 atom stereocenters. The number of carbonyl (C=O) groups is 2. The van der Waals surface area contributed by atoms with Crippen LogP contribution in [0.25, 0.3) is 0 Å². The van der Waals surface area contributed by atoms with Crippen molar-refractivity contribution < 1.29 is 14.7 Å². The van der Waals surface area contributed by atoms with Gasteiger partial charge in [0.15, 0.2) is 0 Å². The minimum Gasteiger partial charge on any atom is -0.545 e. The first-order valence-corrected chi connectivity index (χ1v) is 5.12. The highest BCUT2D eigenvalue weighted by Gasteiger charge is 2.00. The van der Waals surface area contributed by atoms with Gasteiger partial charge >= 0.3 is 0 Å². The van der Waals surface area contributed by atoms with Crippen LogP contribution < -0.4 is 10.4 Å². The van der Waals surface area contributed by atoms with Crippen LogP contribution in [0, 0.1) is 3.57 Å². The number of benzene rings is 1. The predicted octanol–water partition coefficient (Wildman–Crippen LogP) is 0.536. The second-order valence-electron chi connectivity index (χ2n) is 2.62. The Hall–Kier alpha value is -1.37. The zero-order valence-corrected chi connectivity index (χ0v) is 9.72. The van der Waals surface area contributed by atoms with Gasteiger partial charge in [-0.05, 0) is 40.8 Å². The number of hydrogen-bond acceptors (Lipinski definition) is 3. The smallest absolute Gasteiger partial charge is 0.248 e. The highest BCUT2D eigenvalue weighted by Crippen LogP contribution is 2.16. The van der Waals surface area contributed by atoms with Gasteiger partial charge in [-0.25, -0.2) is 0 Å². The normalized spacial score (nSPS) is 10.2. The summed E-state index contributed by atoms with van der Waals surface area (Å²) >= 11 is 2.07. The van der Waals surface area contributed by atoms with Crippen LogP contribution in [0.5, 0.6) is 0 Å². The highest BCUT2D eigenvalue weighted by molar-refractivity contribution is 14.1. The summed E-state index contributed by atoms with van der Waals surface area (Å²) in [6.45, 7) is 0. The van der Waals surface area contributed by atoms with Crippen molar-refractivity contribution in [1.29, 1.82) is 0 Å². The summed E-state index contributed by atoms with van der Waals surface area (Å²) in [5, 5.41) is 12.6. The number of nitrogens with one attached hydrogen (secondary N) is 1. The molecule has 0 spiro atoms. The molecule has 0 saturated heterocycles. The summed E-state index contributed by atoms with van der Waals surface area (Å²) in [5.74, 6) is -1.89. The van der Waals surface area contributed by atoms with Gasteiger partial charge in [-0.1, -0.05) is 12.1 Å². The number of anilines is 1. The summed E-state index contributed by atoms with van der Waals surface area (Å²) in [6, 6.07) is 7.18. The van der Waals surface area contributed by atoms with Crippen LogP contribution in [0.3, 0.4) is 0 Å². The molecule has 0 radical (unpaired) electrons. The average molecular weight is 316 g/mol. The van der Waals surface area contributed by atoms with Crippen LogP contribution in [0.1, 0.15) is 0 Å². The van der Waals surface area contributed by atoms with Gasteiger partial charge < -0.3 is 15.2 Å². The lowest BCUT2D eigenvalue weighted by atomic mass is 10.3. The van der Waals surface area contributed by atoms with Crippen LogP contribution in [0.15, 0.2) is 36.4 Å². The van der Waals surface area contributed by atoms with E-state index in [2.05, 4.69) is 27.9 Å². The second kappa shape index (κ2) is 5.50. The summed E-state index contributed by atoms with van der Waals surface area (Å²) in [5.41, 5.74) is 0.645. The van der Waals surface area contributed by atoms with E-state index in [1.807, 2.05) is 12.1 Å². The molecule has 1 N–H and O–H groups in total. The number of amides is 1. The number of para-hydroxylation sites is 1. The Morgan fingerprint density at radius 2 is 1.93 bits per heavy atom. The van der Waals surface area contributed by atoms with E-state index in [9.17, 15) is 14.7 Å². The van der Waals surface area contributed by atoms with E-state index < -0.39 is 11.9 Å². The van der Waals surface area contributed by atoms with Gasteiger partial charge in [0.1, 0.15) is 0 Å². The SMILES string of the molecule is O=C([O-])/C=C/C(=O)Nc1ccccc1I. The lowest BCUT2D eigenvalue weighted by Gasteiger charge is -2.03. The van der Waals surface area contributed by atoms with Crippen molar-refractivity contribution in [3.63, 3.8) is 0 Å². The first-order chi connectivity index (χ1) is 7.09. The first-order valence-electron chi connectivity index (χ1n) is 4.04. The standard InChI is InChI=1S/C10H8INO3/c11-7-3-1-2-4-8(7)12-9(13)5-6-10(14)15/h1-6H,(H,12,13)(H,14,15)/p-1/b6-5+. The van der Waals surface area contributed by atoms with Gasteiger partial charge in [0.05, 0.1) is 11.7 Å². The average Bonchev–Trinajstić information content (AvgIpc) is 2.18. The second-order valence-corrected chi connectivity index (χ2v) is 3.78. The van der Waals surface area contributed by atoms with Gasteiger partial charge in [-0.2, -0.15) is 0 Å². The molecule has 0 aromatic heterocycles. The van der Waals surface area contributed by atoms with Crippen LogP contribution in [-0.2, 0) is 9.59 Å². The molecule has 1 amide bonds. The summed E-state index contributed by atoms with van der Waals surface area (Å²) in [4.78, 5) is 21.2. The predicted molar refractivity (Wildman–Crippen MR) is 61.9 cm³/mol. The molecule has 15 heavy (non-hydrogen) atoms. The van der Waals surface area contributed by atoms with Crippen molar-refractivity contribution in [2.75, 3.05) is 5.32 Å². The monoisotopic (exact) mass is 316 g/mol. The fourth-order valence-electron chi connectivity index (χ4n) is 0.881. The quantitative estimate of drug-likeness (QED) is 0.653. The molecule has 0 aliphatic heterocycles. The van der Waals surface area contributed by atoms with Crippen molar-refractivity contribution in [3.8, 4) is 0 Å². The van der Waals surface area contributed by atoms with E-state index in [0.717, 1.165) is 9.65 Å². The molecule has 0 unspecified atom stereocenters. The third kappa shape index (κ3) is 4.11. The molecule has 0 bridgehead atoms. The van der Waals surface area contributed by atoms with Gasteiger partial charge in [0.25, 0.3) is 0 Å². The molecule has 0 aliphatic carbocycles. The van der Waals surface area contributed by atoms with Crippen molar-refractivity contribution in [2.24, 2.45) is 0 Å². The Balaban J connectivity index is 2.67. The van der Waals surface area contributed by atoms with E-state index in [4.69, 9.17) is 0 Å². The molecule has 1 aromatic carbocycles. The van der Waals surface area contributed by atoms with Crippen molar-refractivity contribution in [1.82, 2.24) is 0 Å². The third-order valence-corrected chi connectivity index (χ3v) is 2.44. The molecule has 0 aliphatic rings. The van der Waals surface area contributed by atoms with Crippen LogP contribution >= 0.6 is 22.6 Å². The summed E-state index contributed by atoms with van der Waals surface area (Å²) in [6.07, 6.45) is 1.60. The van der Waals surface area contributed by atoms with Gasteiger partial charge in [-0.3, -0.25) is 4.79 Å². The van der Waals surface area contributed by atoms with Gasteiger partial charge in [0.2, 0.25) is 5.91 Å². The molecular weight excluding hydrogens is 309 g/mol. The van der Waals surface area contributed by atoms with E-state index >= 15 is 0 Å². The van der Waals surface area contributed by atoms with E-state index in [-0.39, 0.29) is 0 Å². The minimum atomic E-state index is -1.40. The molecule has 1 rings (SSSR count). The lowest BCUT2D eigenvalue weighted by molar-refractivity contribution is -0.297. The maximum atomic E-state index is 11.2. The number of carboxylic acid groups (broad SMARTS) is 1. The molecule has 0 fully saturated rings. The largest absolute Gasteiger partial charge is 0.545 e. The molecule has 0 heterocycles. The summed E-state index contributed by atoms with van der Waals surface area (Å²) in [7, 11) is 0. The minimum absolute atomic E-state index is 0.497. The number of aliphatic carboxylic acids is 1. The number of halogens is 1. The molecule has 1 aromatic rings. The van der Waals surface area contributed by atoms with E-state index in [0.29, 0.717) is 11.8 Å². The molecule has 5 heteroatoms. The zero-order chi connectivity index (χ0) is 11.3. The third-order valence-electron chi connectivity index (χ3n) is 1.50. The van der Waals surface area contributed by atoms with Gasteiger partial charge in [-0.15, -0.1) is 0 Å². The van der Waals surface area contributed by atoms with E-state index in [1.165, 1.54) is 0 Å². The van der Waals surface area contributed by atoms with Crippen LogP contribution in [0.4, 0.5) is 5.69 Å². The Morgan fingerprint density at radius 3 is 2.53 bits per heavy atom. The Morgan fingerprint density at radius 1 is 1.27 bits per heavy atom. The van der Waals surface area contributed by atoms with Gasteiger partial charge in [0, 0.05) is 9.65 Å². The fraction of sp³-hybridized carbons (Fsp3) is 0. The molecule has 0 saturated carbocycles. The van der Waals surface area contributed by atoms with Crippen LogP contribution in [0.2, 0.25) is 0 Å². The molecule has 78 valence electrons. The molecular formula is C10H7INO3-. The summed E-state index contributed by atoms with van der Waals surface area (Å²) < 4.78 is 0.880. The maximum absolute atomic E-state index is 11.2. The van der Waals surface area contributed by atoms with Crippen molar-refractivity contribution in [2.45, 2.75) is 0 Å². The molecule has 4 nitrogen and oxygen atoms in total. The van der Waals surface area contributed by atoms with Crippen LogP contribution in [-0.4, -0.2) is 11.9 Å². The highest BCUT2D eigenvalue weighted by atomic mass is 127. The van der Waals surface area contributed by atoms with E-state index in [1.54, 1.807) is 12.1 Å². The Labute approximate surface area is 100 Å². The number of hydrogen-bond donors (Lipinski definition) is 1. The fourth-order valence-corrected chi connectivity index (χ4v) is 1.40. The Bertz CT molecular complexity index is 415. The number of rotatable bonds is 3. The number of carbonyl (C=O) groups excluding carboxylic acids is 2. The number of carboxylic acids is 1. The zero-order valence-electron chi connectivity index (χ0n) is 7.57. The Kier molecular flexibility index (Phi) is 4.29. The van der Waals surface area contributed by atoms with Crippen molar-refractivity contribution >= 4 is 40.2 Å². The first kappa shape index (κ1) is 11.7. The topological polar surface area (TPSA) is 69.2 Å². The van der Waals surface area contributed by atoms with Crippen molar-refractivity contribution in [3.05, 3.63) is 40.0 Å².